The second-order valence-electron chi connectivity index (χ2n) is 6.84. The van der Waals surface area contributed by atoms with Crippen LogP contribution in [0, 0.1) is 11.8 Å². The Kier molecular flexibility index (Phi) is 6.83. The number of aromatic nitrogens is 2. The highest BCUT2D eigenvalue weighted by Crippen LogP contribution is 2.18. The van der Waals surface area contributed by atoms with Gasteiger partial charge in [-0.3, -0.25) is 9.97 Å². The molecule has 6 nitrogen and oxygen atoms in total. The van der Waals surface area contributed by atoms with Gasteiger partial charge in [-0.1, -0.05) is 27.7 Å². The van der Waals surface area contributed by atoms with Gasteiger partial charge in [0.15, 0.2) is 0 Å². The molecular formula is C20H24N2O4. The van der Waals surface area contributed by atoms with Crippen molar-refractivity contribution in [3.63, 3.8) is 0 Å². The highest BCUT2D eigenvalue weighted by atomic mass is 16.5. The smallest absolute Gasteiger partial charge is 0.338 e. The summed E-state index contributed by atoms with van der Waals surface area (Å²) in [6.07, 6.45) is 3.04. The number of pyridine rings is 2. The van der Waals surface area contributed by atoms with E-state index in [1.807, 2.05) is 27.7 Å². The van der Waals surface area contributed by atoms with Crippen molar-refractivity contribution < 1.29 is 19.1 Å². The molecule has 0 aromatic carbocycles. The molecule has 0 radical (unpaired) electrons. The zero-order valence-electron chi connectivity index (χ0n) is 15.6. The molecule has 0 aliphatic heterocycles. The predicted molar refractivity (Wildman–Crippen MR) is 97.7 cm³/mol. The van der Waals surface area contributed by atoms with Crippen molar-refractivity contribution in [2.45, 2.75) is 27.7 Å². The van der Waals surface area contributed by atoms with Crippen molar-refractivity contribution in [1.82, 2.24) is 9.97 Å². The Bertz CT molecular complexity index is 706. The van der Waals surface area contributed by atoms with E-state index < -0.39 is 11.9 Å². The van der Waals surface area contributed by atoms with Crippen LogP contribution in [0.15, 0.2) is 36.7 Å². The van der Waals surface area contributed by atoms with Crippen LogP contribution >= 0.6 is 0 Å². The summed E-state index contributed by atoms with van der Waals surface area (Å²) in [5.74, 6) is -0.296. The molecule has 0 aliphatic carbocycles. The van der Waals surface area contributed by atoms with E-state index in [0.29, 0.717) is 35.7 Å². The van der Waals surface area contributed by atoms with Crippen LogP contribution in [0.3, 0.4) is 0 Å². The molecule has 0 N–H and O–H groups in total. The fraction of sp³-hybridized carbons (Fsp3) is 0.400. The van der Waals surface area contributed by atoms with Crippen molar-refractivity contribution in [2.24, 2.45) is 11.8 Å². The Hall–Kier alpha value is -2.76. The van der Waals surface area contributed by atoms with Crippen LogP contribution in [0.4, 0.5) is 0 Å². The lowest BCUT2D eigenvalue weighted by Gasteiger charge is -2.09. The zero-order valence-corrected chi connectivity index (χ0v) is 15.6. The van der Waals surface area contributed by atoms with Gasteiger partial charge >= 0.3 is 11.9 Å². The van der Waals surface area contributed by atoms with Crippen molar-refractivity contribution in [3.8, 4) is 11.4 Å². The predicted octanol–water partition coefficient (Wildman–Crippen LogP) is 3.77. The number of esters is 2. The average molecular weight is 356 g/mol. The molecule has 0 amide bonds. The molecule has 2 aromatic rings. The standard InChI is InChI=1S/C20H24N2O4/c1-13(2)11-25-19(23)15-5-7-21-17(9-15)18-10-16(6-8-22-18)20(24)26-12-14(3)4/h5-10,13-14H,11-12H2,1-4H3. The zero-order chi connectivity index (χ0) is 19.1. The average Bonchev–Trinajstić information content (AvgIpc) is 2.64. The minimum atomic E-state index is -0.408. The summed E-state index contributed by atoms with van der Waals surface area (Å²) in [7, 11) is 0. The number of carbonyl (C=O) groups excluding carboxylic acids is 2. The molecule has 0 aliphatic rings. The van der Waals surface area contributed by atoms with Gasteiger partial charge in [0.05, 0.1) is 35.7 Å². The molecule has 0 saturated heterocycles. The third-order valence-corrected chi connectivity index (χ3v) is 3.35. The molecule has 0 atom stereocenters. The van der Waals surface area contributed by atoms with Crippen LogP contribution in [0.5, 0.6) is 0 Å². The lowest BCUT2D eigenvalue weighted by molar-refractivity contribution is 0.0450. The molecule has 0 fully saturated rings. The maximum atomic E-state index is 12.1. The summed E-state index contributed by atoms with van der Waals surface area (Å²) >= 11 is 0. The van der Waals surface area contributed by atoms with Gasteiger partial charge < -0.3 is 9.47 Å². The van der Waals surface area contributed by atoms with Gasteiger partial charge in [-0.25, -0.2) is 9.59 Å². The third kappa shape index (κ3) is 5.65. The topological polar surface area (TPSA) is 78.4 Å². The van der Waals surface area contributed by atoms with E-state index in [-0.39, 0.29) is 11.8 Å². The molecule has 2 heterocycles. The third-order valence-electron chi connectivity index (χ3n) is 3.35. The first-order valence-corrected chi connectivity index (χ1v) is 8.63. The molecule has 2 aromatic heterocycles. The van der Waals surface area contributed by atoms with Crippen LogP contribution in [-0.4, -0.2) is 35.1 Å². The quantitative estimate of drug-likeness (QED) is 0.703. The summed E-state index contributed by atoms with van der Waals surface area (Å²) in [6.45, 7) is 8.59. The first kappa shape index (κ1) is 19.6. The summed E-state index contributed by atoms with van der Waals surface area (Å²) in [5, 5.41) is 0. The Labute approximate surface area is 153 Å². The van der Waals surface area contributed by atoms with E-state index in [1.54, 1.807) is 24.3 Å². The van der Waals surface area contributed by atoms with Gasteiger partial charge in [-0.05, 0) is 36.1 Å². The number of nitrogens with zero attached hydrogens (tertiary/aromatic N) is 2. The Morgan fingerprint density at radius 1 is 0.808 bits per heavy atom. The monoisotopic (exact) mass is 356 g/mol. The minimum absolute atomic E-state index is 0.260. The molecule has 6 heteroatoms. The molecule has 0 unspecified atom stereocenters. The number of hydrogen-bond acceptors (Lipinski definition) is 6. The number of ether oxygens (including phenoxy) is 2. The summed E-state index contributed by atoms with van der Waals surface area (Å²) in [6, 6.07) is 6.39. The fourth-order valence-electron chi connectivity index (χ4n) is 2.05. The van der Waals surface area contributed by atoms with E-state index >= 15 is 0 Å². The molecule has 0 saturated carbocycles. The lowest BCUT2D eigenvalue weighted by atomic mass is 10.1. The van der Waals surface area contributed by atoms with Crippen LogP contribution in [-0.2, 0) is 9.47 Å². The molecular weight excluding hydrogens is 332 g/mol. The SMILES string of the molecule is CC(C)COC(=O)c1ccnc(-c2cc(C(=O)OCC(C)C)ccn2)c1. The molecule has 0 bridgehead atoms. The van der Waals surface area contributed by atoms with E-state index in [1.165, 1.54) is 12.4 Å². The highest BCUT2D eigenvalue weighted by Gasteiger charge is 2.13. The van der Waals surface area contributed by atoms with E-state index in [2.05, 4.69) is 9.97 Å². The maximum Gasteiger partial charge on any atom is 0.338 e. The number of carbonyl (C=O) groups is 2. The molecule has 26 heavy (non-hydrogen) atoms. The largest absolute Gasteiger partial charge is 0.462 e. The summed E-state index contributed by atoms with van der Waals surface area (Å²) < 4.78 is 10.5. The lowest BCUT2D eigenvalue weighted by Crippen LogP contribution is -2.11. The second-order valence-corrected chi connectivity index (χ2v) is 6.84. The van der Waals surface area contributed by atoms with Crippen molar-refractivity contribution >= 4 is 11.9 Å². The highest BCUT2D eigenvalue weighted by molar-refractivity contribution is 5.92. The van der Waals surface area contributed by atoms with E-state index in [9.17, 15) is 9.59 Å². The fourth-order valence-corrected chi connectivity index (χ4v) is 2.05. The first-order chi connectivity index (χ1) is 12.4. The van der Waals surface area contributed by atoms with Gasteiger partial charge in [0.25, 0.3) is 0 Å². The summed E-state index contributed by atoms with van der Waals surface area (Å²) in [5.41, 5.74) is 1.76. The van der Waals surface area contributed by atoms with Crippen molar-refractivity contribution in [1.29, 1.82) is 0 Å². The first-order valence-electron chi connectivity index (χ1n) is 8.63. The Balaban J connectivity index is 2.18. The summed E-state index contributed by atoms with van der Waals surface area (Å²) in [4.78, 5) is 32.7. The maximum absolute atomic E-state index is 12.1. The molecule has 138 valence electrons. The van der Waals surface area contributed by atoms with Crippen LogP contribution in [0.1, 0.15) is 48.4 Å². The van der Waals surface area contributed by atoms with Gasteiger partial charge in [0.2, 0.25) is 0 Å². The van der Waals surface area contributed by atoms with Crippen molar-refractivity contribution in [2.75, 3.05) is 13.2 Å². The van der Waals surface area contributed by atoms with Crippen molar-refractivity contribution in [3.05, 3.63) is 47.8 Å². The van der Waals surface area contributed by atoms with Gasteiger partial charge in [-0.15, -0.1) is 0 Å². The Morgan fingerprint density at radius 2 is 1.19 bits per heavy atom. The van der Waals surface area contributed by atoms with Gasteiger partial charge in [0, 0.05) is 12.4 Å². The second kappa shape index (κ2) is 9.08. The molecule has 0 spiro atoms. The van der Waals surface area contributed by atoms with Crippen LogP contribution in [0.25, 0.3) is 11.4 Å². The van der Waals surface area contributed by atoms with Gasteiger partial charge in [0.1, 0.15) is 0 Å². The minimum Gasteiger partial charge on any atom is -0.462 e. The van der Waals surface area contributed by atoms with E-state index in [0.717, 1.165) is 0 Å². The Morgan fingerprint density at radius 3 is 1.54 bits per heavy atom. The van der Waals surface area contributed by atoms with Crippen LogP contribution in [0.2, 0.25) is 0 Å². The number of hydrogen-bond donors (Lipinski definition) is 0. The normalized spacial score (nSPS) is 10.8. The van der Waals surface area contributed by atoms with Crippen LogP contribution < -0.4 is 0 Å². The molecule has 2 rings (SSSR count). The van der Waals surface area contributed by atoms with E-state index in [4.69, 9.17) is 9.47 Å². The number of rotatable bonds is 7. The van der Waals surface area contributed by atoms with Gasteiger partial charge in [-0.2, -0.15) is 0 Å².